The van der Waals surface area contributed by atoms with Gasteiger partial charge in [0.25, 0.3) is 0 Å². The van der Waals surface area contributed by atoms with E-state index in [0.29, 0.717) is 19.1 Å². The fourth-order valence-electron chi connectivity index (χ4n) is 3.11. The third-order valence-electron chi connectivity index (χ3n) is 4.63. The van der Waals surface area contributed by atoms with Crippen molar-refractivity contribution in [3.63, 3.8) is 0 Å². The Bertz CT molecular complexity index is 412. The zero-order valence-corrected chi connectivity index (χ0v) is 12.4. The largest absolute Gasteiger partial charge is 0.374 e. The van der Waals surface area contributed by atoms with E-state index in [1.165, 1.54) is 0 Å². The molecule has 2 N–H and O–H groups in total. The van der Waals surface area contributed by atoms with E-state index >= 15 is 0 Å². The predicted molar refractivity (Wildman–Crippen MR) is 72.2 cm³/mol. The lowest BCUT2D eigenvalue weighted by molar-refractivity contribution is 0.0623. The number of fused-ring (bicyclic) bond motifs is 2. The number of hydrogen-bond acceptors (Lipinski definition) is 4. The standard InChI is InChI=1S/C13H25NO3S/c1-12(2,3)18(15,16)7-6-13(9-14)8-10-4-5-11(13)17-10/h10-11H,4-9,14H2,1-3H3. The average molecular weight is 275 g/mol. The van der Waals surface area contributed by atoms with E-state index in [0.717, 1.165) is 19.3 Å². The summed E-state index contributed by atoms with van der Waals surface area (Å²) >= 11 is 0. The van der Waals surface area contributed by atoms with E-state index in [2.05, 4.69) is 0 Å². The first kappa shape index (κ1) is 14.3. The monoisotopic (exact) mass is 275 g/mol. The van der Waals surface area contributed by atoms with Crippen LogP contribution in [0.1, 0.15) is 46.5 Å². The van der Waals surface area contributed by atoms with Crippen LogP contribution in [0.25, 0.3) is 0 Å². The summed E-state index contributed by atoms with van der Waals surface area (Å²) in [4.78, 5) is 0. The molecule has 4 nitrogen and oxygen atoms in total. The smallest absolute Gasteiger partial charge is 0.155 e. The molecule has 2 fully saturated rings. The topological polar surface area (TPSA) is 69.4 Å². The molecule has 0 aromatic heterocycles. The second-order valence-corrected chi connectivity index (χ2v) is 9.64. The van der Waals surface area contributed by atoms with E-state index in [9.17, 15) is 8.42 Å². The zero-order chi connectivity index (χ0) is 13.6. The Morgan fingerprint density at radius 1 is 1.33 bits per heavy atom. The van der Waals surface area contributed by atoms with Crippen molar-refractivity contribution in [3.05, 3.63) is 0 Å². The van der Waals surface area contributed by atoms with E-state index in [1.54, 1.807) is 20.8 Å². The summed E-state index contributed by atoms with van der Waals surface area (Å²) in [7, 11) is -3.06. The number of nitrogens with two attached hydrogens (primary N) is 1. The van der Waals surface area contributed by atoms with E-state index in [4.69, 9.17) is 10.5 Å². The number of hydrogen-bond donors (Lipinski definition) is 1. The van der Waals surface area contributed by atoms with Gasteiger partial charge in [-0.1, -0.05) is 0 Å². The van der Waals surface area contributed by atoms with E-state index in [1.807, 2.05) is 0 Å². The molecule has 0 aliphatic carbocycles. The zero-order valence-electron chi connectivity index (χ0n) is 11.6. The Morgan fingerprint density at radius 2 is 2.00 bits per heavy atom. The number of rotatable bonds is 4. The SMILES string of the molecule is CC(C)(C)S(=O)(=O)CCC1(CN)CC2CCC1O2. The van der Waals surface area contributed by atoms with E-state index < -0.39 is 14.6 Å². The van der Waals surface area contributed by atoms with Gasteiger partial charge in [-0.2, -0.15) is 0 Å². The molecule has 0 spiro atoms. The quantitative estimate of drug-likeness (QED) is 0.844. The second-order valence-electron chi connectivity index (χ2n) is 6.78. The van der Waals surface area contributed by atoms with Crippen LogP contribution in [0.3, 0.4) is 0 Å². The molecule has 2 aliphatic rings. The van der Waals surface area contributed by atoms with E-state index in [-0.39, 0.29) is 17.3 Å². The van der Waals surface area contributed by atoms with Crippen molar-refractivity contribution in [1.82, 2.24) is 0 Å². The average Bonchev–Trinajstić information content (AvgIpc) is 2.85. The van der Waals surface area contributed by atoms with Gasteiger partial charge < -0.3 is 10.5 Å². The molecule has 106 valence electrons. The summed E-state index contributed by atoms with van der Waals surface area (Å²) in [6.45, 7) is 5.81. The lowest BCUT2D eigenvalue weighted by atomic mass is 9.72. The fourth-order valence-corrected chi connectivity index (χ4v) is 4.40. The number of ether oxygens (including phenoxy) is 1. The minimum Gasteiger partial charge on any atom is -0.374 e. The van der Waals surface area contributed by atoms with Gasteiger partial charge in [-0.15, -0.1) is 0 Å². The van der Waals surface area contributed by atoms with Crippen LogP contribution in [0, 0.1) is 5.41 Å². The van der Waals surface area contributed by atoms with Gasteiger partial charge in [-0.3, -0.25) is 0 Å². The van der Waals surface area contributed by atoms with Gasteiger partial charge in [0.15, 0.2) is 9.84 Å². The maximum atomic E-state index is 12.2. The van der Waals surface area contributed by atoms with Crippen molar-refractivity contribution >= 4 is 9.84 Å². The van der Waals surface area contributed by atoms with Gasteiger partial charge in [0.1, 0.15) is 0 Å². The molecule has 0 amide bonds. The molecule has 0 aromatic carbocycles. The molecule has 0 aromatic rings. The van der Waals surface area contributed by atoms with Crippen molar-refractivity contribution in [2.24, 2.45) is 11.1 Å². The maximum absolute atomic E-state index is 12.2. The molecule has 18 heavy (non-hydrogen) atoms. The number of sulfone groups is 1. The van der Waals surface area contributed by atoms with Gasteiger partial charge >= 0.3 is 0 Å². The fraction of sp³-hybridized carbons (Fsp3) is 1.00. The third-order valence-corrected chi connectivity index (χ3v) is 7.24. The lowest BCUT2D eigenvalue weighted by Gasteiger charge is -2.35. The minimum absolute atomic E-state index is 0.0960. The summed E-state index contributed by atoms with van der Waals surface area (Å²) in [6, 6.07) is 0. The van der Waals surface area contributed by atoms with Gasteiger partial charge in [0.05, 0.1) is 22.7 Å². The molecular weight excluding hydrogens is 250 g/mol. The third kappa shape index (κ3) is 2.32. The molecule has 5 heteroatoms. The minimum atomic E-state index is -3.06. The Balaban J connectivity index is 2.06. The van der Waals surface area contributed by atoms with Crippen LogP contribution in [-0.2, 0) is 14.6 Å². The first-order valence-electron chi connectivity index (χ1n) is 6.78. The molecule has 2 heterocycles. The molecule has 0 saturated carbocycles. The van der Waals surface area contributed by atoms with Crippen molar-refractivity contribution in [2.45, 2.75) is 63.4 Å². The van der Waals surface area contributed by atoms with Crippen LogP contribution in [0.15, 0.2) is 0 Å². The van der Waals surface area contributed by atoms with Gasteiger partial charge in [0, 0.05) is 12.0 Å². The maximum Gasteiger partial charge on any atom is 0.155 e. The summed E-state index contributed by atoms with van der Waals surface area (Å²) in [5.41, 5.74) is 5.82. The first-order chi connectivity index (χ1) is 8.20. The van der Waals surface area contributed by atoms with Crippen molar-refractivity contribution in [1.29, 1.82) is 0 Å². The van der Waals surface area contributed by atoms with Crippen LogP contribution in [0.5, 0.6) is 0 Å². The Kier molecular flexibility index (Phi) is 3.54. The highest BCUT2D eigenvalue weighted by Gasteiger charge is 2.51. The Morgan fingerprint density at radius 3 is 2.39 bits per heavy atom. The molecule has 2 rings (SSSR count). The second kappa shape index (κ2) is 4.46. The van der Waals surface area contributed by atoms with Gasteiger partial charge in [-0.25, -0.2) is 8.42 Å². The highest BCUT2D eigenvalue weighted by molar-refractivity contribution is 7.92. The Labute approximate surface area is 110 Å². The highest BCUT2D eigenvalue weighted by Crippen LogP contribution is 2.49. The first-order valence-corrected chi connectivity index (χ1v) is 8.43. The molecule has 2 aliphatic heterocycles. The van der Waals surface area contributed by atoms with Crippen molar-refractivity contribution < 1.29 is 13.2 Å². The molecule has 0 radical (unpaired) electrons. The van der Waals surface area contributed by atoms with Crippen molar-refractivity contribution in [3.8, 4) is 0 Å². The van der Waals surface area contributed by atoms with Gasteiger partial charge in [0.2, 0.25) is 0 Å². The van der Waals surface area contributed by atoms with Crippen molar-refractivity contribution in [2.75, 3.05) is 12.3 Å². The summed E-state index contributed by atoms with van der Waals surface area (Å²) < 4.78 is 29.6. The van der Waals surface area contributed by atoms with Crippen LogP contribution in [-0.4, -0.2) is 37.7 Å². The Hall–Kier alpha value is -0.130. The molecular formula is C13H25NO3S. The van der Waals surface area contributed by atoms with Gasteiger partial charge in [-0.05, 0) is 46.5 Å². The summed E-state index contributed by atoms with van der Waals surface area (Å²) in [6.07, 6.45) is 4.23. The summed E-state index contributed by atoms with van der Waals surface area (Å²) in [5, 5.41) is 0. The summed E-state index contributed by atoms with van der Waals surface area (Å²) in [5.74, 6) is 0.222. The van der Waals surface area contributed by atoms with Crippen LogP contribution in [0.2, 0.25) is 0 Å². The van der Waals surface area contributed by atoms with Crippen LogP contribution >= 0.6 is 0 Å². The molecule has 2 bridgehead atoms. The highest BCUT2D eigenvalue weighted by atomic mass is 32.2. The van der Waals surface area contributed by atoms with Crippen LogP contribution in [0.4, 0.5) is 0 Å². The molecule has 3 unspecified atom stereocenters. The molecule has 3 atom stereocenters. The molecule has 2 saturated heterocycles. The lowest BCUT2D eigenvalue weighted by Crippen LogP contribution is -2.42. The van der Waals surface area contributed by atoms with Crippen LogP contribution < -0.4 is 5.73 Å². The normalized spacial score (nSPS) is 36.2. The predicted octanol–water partition coefficient (Wildman–Crippen LogP) is 1.49.